The third kappa shape index (κ3) is 4.94. The number of fused-ring (bicyclic) bond motifs is 1. The summed E-state index contributed by atoms with van der Waals surface area (Å²) in [5.74, 6) is 1.59. The molecule has 0 fully saturated rings. The first kappa shape index (κ1) is 20.7. The van der Waals surface area contributed by atoms with Gasteiger partial charge >= 0.3 is 0 Å². The molecule has 4 rings (SSSR count). The van der Waals surface area contributed by atoms with E-state index in [1.165, 1.54) is 0 Å². The number of ether oxygens (including phenoxy) is 1. The zero-order valence-electron chi connectivity index (χ0n) is 18.2. The average Bonchev–Trinajstić information content (AvgIpc) is 3.15. The Labute approximate surface area is 182 Å². The molecule has 0 aliphatic heterocycles. The molecule has 5 nitrogen and oxygen atoms in total. The molecule has 1 heterocycles. The first-order valence-corrected chi connectivity index (χ1v) is 10.4. The lowest BCUT2D eigenvalue weighted by molar-refractivity contribution is 0.102. The molecule has 0 atom stereocenters. The molecule has 31 heavy (non-hydrogen) atoms. The van der Waals surface area contributed by atoms with Gasteiger partial charge in [0.1, 0.15) is 11.3 Å². The Morgan fingerprint density at radius 2 is 1.71 bits per heavy atom. The van der Waals surface area contributed by atoms with Crippen LogP contribution < -0.4 is 10.1 Å². The van der Waals surface area contributed by atoms with Gasteiger partial charge in [-0.3, -0.25) is 4.79 Å². The van der Waals surface area contributed by atoms with Crippen LogP contribution in [0, 0.1) is 19.8 Å². The van der Waals surface area contributed by atoms with Crippen molar-refractivity contribution in [1.82, 2.24) is 4.98 Å². The van der Waals surface area contributed by atoms with Crippen molar-refractivity contribution in [3.8, 4) is 17.2 Å². The maximum Gasteiger partial charge on any atom is 0.255 e. The molecule has 1 aromatic heterocycles. The molecule has 4 aromatic rings. The summed E-state index contributed by atoms with van der Waals surface area (Å²) in [6, 6.07) is 18.8. The van der Waals surface area contributed by atoms with E-state index in [4.69, 9.17) is 9.15 Å². The minimum Gasteiger partial charge on any atom is -0.493 e. The molecule has 5 heteroatoms. The molecular weight excluding hydrogens is 388 g/mol. The summed E-state index contributed by atoms with van der Waals surface area (Å²) in [6.07, 6.45) is 0. The van der Waals surface area contributed by atoms with Crippen LogP contribution in [-0.2, 0) is 0 Å². The molecule has 0 saturated carbocycles. The van der Waals surface area contributed by atoms with Crippen molar-refractivity contribution < 1.29 is 13.9 Å². The normalized spacial score (nSPS) is 11.1. The summed E-state index contributed by atoms with van der Waals surface area (Å²) >= 11 is 0. The molecule has 0 spiro atoms. The first-order chi connectivity index (χ1) is 14.9. The maximum atomic E-state index is 12.6. The van der Waals surface area contributed by atoms with Crippen molar-refractivity contribution in [2.75, 3.05) is 11.9 Å². The van der Waals surface area contributed by atoms with Gasteiger partial charge in [-0.25, -0.2) is 4.98 Å². The van der Waals surface area contributed by atoms with Crippen LogP contribution >= 0.6 is 0 Å². The minimum absolute atomic E-state index is 0.187. The fraction of sp³-hybridized carbons (Fsp3) is 0.231. The van der Waals surface area contributed by atoms with E-state index in [1.54, 1.807) is 12.1 Å². The molecule has 0 saturated heterocycles. The highest BCUT2D eigenvalue weighted by atomic mass is 16.5. The van der Waals surface area contributed by atoms with Crippen LogP contribution in [0.3, 0.4) is 0 Å². The average molecular weight is 415 g/mol. The smallest absolute Gasteiger partial charge is 0.255 e. The number of nitrogens with zero attached hydrogens (tertiary/aromatic N) is 1. The van der Waals surface area contributed by atoms with Crippen LogP contribution in [0.5, 0.6) is 5.75 Å². The number of hydrogen-bond acceptors (Lipinski definition) is 4. The summed E-state index contributed by atoms with van der Waals surface area (Å²) in [7, 11) is 0. The van der Waals surface area contributed by atoms with Gasteiger partial charge in [0, 0.05) is 16.8 Å². The number of aryl methyl sites for hydroxylation is 2. The number of nitrogens with one attached hydrogen (secondary N) is 1. The molecule has 0 aliphatic carbocycles. The highest BCUT2D eigenvalue weighted by Crippen LogP contribution is 2.28. The van der Waals surface area contributed by atoms with Gasteiger partial charge in [-0.15, -0.1) is 0 Å². The van der Waals surface area contributed by atoms with E-state index in [-0.39, 0.29) is 5.91 Å². The van der Waals surface area contributed by atoms with E-state index >= 15 is 0 Å². The van der Waals surface area contributed by atoms with Gasteiger partial charge in [0.15, 0.2) is 5.58 Å². The highest BCUT2D eigenvalue weighted by molar-refractivity contribution is 6.05. The maximum absolute atomic E-state index is 12.6. The zero-order valence-corrected chi connectivity index (χ0v) is 18.2. The van der Waals surface area contributed by atoms with E-state index in [0.29, 0.717) is 40.8 Å². The number of aromatic nitrogens is 1. The highest BCUT2D eigenvalue weighted by Gasteiger charge is 2.12. The largest absolute Gasteiger partial charge is 0.493 e. The lowest BCUT2D eigenvalue weighted by Gasteiger charge is -2.09. The lowest BCUT2D eigenvalue weighted by Crippen LogP contribution is -2.12. The number of oxazole rings is 1. The molecular formula is C26H26N2O3. The number of carbonyl (C=O) groups excluding carboxylic acids is 1. The molecule has 3 aromatic carbocycles. The number of carbonyl (C=O) groups is 1. The van der Waals surface area contributed by atoms with Crippen LogP contribution in [0.1, 0.15) is 35.3 Å². The molecule has 158 valence electrons. The number of hydrogen-bond donors (Lipinski definition) is 1. The lowest BCUT2D eigenvalue weighted by atomic mass is 10.1. The summed E-state index contributed by atoms with van der Waals surface area (Å²) in [4.78, 5) is 17.3. The van der Waals surface area contributed by atoms with Gasteiger partial charge in [-0.1, -0.05) is 31.0 Å². The molecule has 0 unspecified atom stereocenters. The molecule has 1 amide bonds. The van der Waals surface area contributed by atoms with Crippen molar-refractivity contribution in [2.24, 2.45) is 5.92 Å². The van der Waals surface area contributed by atoms with Gasteiger partial charge < -0.3 is 14.5 Å². The van der Waals surface area contributed by atoms with Crippen molar-refractivity contribution in [2.45, 2.75) is 27.7 Å². The molecule has 0 bridgehead atoms. The second-order valence-electron chi connectivity index (χ2n) is 8.26. The Hall–Kier alpha value is -3.60. The van der Waals surface area contributed by atoms with E-state index in [1.807, 2.05) is 30.3 Å². The molecule has 1 N–H and O–H groups in total. The Bertz CT molecular complexity index is 1200. The Kier molecular flexibility index (Phi) is 5.76. The van der Waals surface area contributed by atoms with Crippen molar-refractivity contribution in [3.63, 3.8) is 0 Å². The van der Waals surface area contributed by atoms with Crippen molar-refractivity contribution >= 4 is 22.7 Å². The number of anilines is 1. The van der Waals surface area contributed by atoms with E-state index in [2.05, 4.69) is 56.2 Å². The topological polar surface area (TPSA) is 64.4 Å². The van der Waals surface area contributed by atoms with Crippen molar-refractivity contribution in [1.29, 1.82) is 0 Å². The second-order valence-corrected chi connectivity index (χ2v) is 8.26. The predicted octanol–water partition coefficient (Wildman–Crippen LogP) is 6.40. The van der Waals surface area contributed by atoms with Gasteiger partial charge in [0.25, 0.3) is 5.91 Å². The van der Waals surface area contributed by atoms with Gasteiger partial charge in [0.05, 0.1) is 6.61 Å². The van der Waals surface area contributed by atoms with E-state index in [0.717, 1.165) is 22.4 Å². The Morgan fingerprint density at radius 3 is 2.39 bits per heavy atom. The Balaban J connectivity index is 1.50. The monoisotopic (exact) mass is 414 g/mol. The minimum atomic E-state index is -0.187. The zero-order chi connectivity index (χ0) is 22.0. The molecule has 0 aliphatic rings. The standard InChI is InChI=1S/C26H26N2O3/c1-16(2)15-30-22-8-5-19(6-9-22)25(29)27-21-7-10-24-23(14-21)28-26(31-24)20-12-17(3)11-18(4)13-20/h5-14,16H,15H2,1-4H3,(H,27,29). The van der Waals surface area contributed by atoms with Crippen molar-refractivity contribution in [3.05, 3.63) is 77.4 Å². The number of rotatable bonds is 6. The summed E-state index contributed by atoms with van der Waals surface area (Å²) in [6.45, 7) is 8.94. The number of benzene rings is 3. The van der Waals surface area contributed by atoms with Gasteiger partial charge in [0.2, 0.25) is 5.89 Å². The summed E-state index contributed by atoms with van der Waals surface area (Å²) < 4.78 is 11.6. The third-order valence-electron chi connectivity index (χ3n) is 4.81. The first-order valence-electron chi connectivity index (χ1n) is 10.4. The van der Waals surface area contributed by atoms with Gasteiger partial charge in [-0.05, 0) is 74.4 Å². The van der Waals surface area contributed by atoms with Crippen LogP contribution in [0.2, 0.25) is 0 Å². The Morgan fingerprint density at radius 1 is 1.00 bits per heavy atom. The predicted molar refractivity (Wildman–Crippen MR) is 124 cm³/mol. The third-order valence-corrected chi connectivity index (χ3v) is 4.81. The fourth-order valence-corrected chi connectivity index (χ4v) is 3.40. The summed E-state index contributed by atoms with van der Waals surface area (Å²) in [5.41, 5.74) is 5.87. The fourth-order valence-electron chi connectivity index (χ4n) is 3.40. The van der Waals surface area contributed by atoms with Crippen LogP contribution in [0.25, 0.3) is 22.6 Å². The quantitative estimate of drug-likeness (QED) is 0.396. The van der Waals surface area contributed by atoms with Gasteiger partial charge in [-0.2, -0.15) is 0 Å². The van der Waals surface area contributed by atoms with Crippen LogP contribution in [0.4, 0.5) is 5.69 Å². The van der Waals surface area contributed by atoms with E-state index < -0.39 is 0 Å². The van der Waals surface area contributed by atoms with Crippen LogP contribution in [-0.4, -0.2) is 17.5 Å². The summed E-state index contributed by atoms with van der Waals surface area (Å²) in [5, 5.41) is 2.93. The number of amides is 1. The van der Waals surface area contributed by atoms with E-state index in [9.17, 15) is 4.79 Å². The second kappa shape index (κ2) is 8.64. The SMILES string of the molecule is Cc1cc(C)cc(-c2nc3cc(NC(=O)c4ccc(OCC(C)C)cc4)ccc3o2)c1. The van der Waals surface area contributed by atoms with Crippen LogP contribution in [0.15, 0.2) is 65.1 Å². The molecule has 0 radical (unpaired) electrons.